The number of imide groups is 1. The number of rotatable bonds is 3. The number of carbonyl (C=O) groups excluding carboxylic acids is 2. The molecule has 0 aromatic heterocycles. The van der Waals surface area contributed by atoms with Gasteiger partial charge in [0.15, 0.2) is 5.56 Å². The number of amides is 3. The van der Waals surface area contributed by atoms with Crippen molar-refractivity contribution >= 4 is 17.6 Å². The van der Waals surface area contributed by atoms with Crippen molar-refractivity contribution in [2.45, 2.75) is 6.04 Å². The van der Waals surface area contributed by atoms with E-state index in [4.69, 9.17) is 0 Å². The molecule has 0 heterocycles. The number of aromatic hydroxyl groups is 1. The second-order valence-corrected chi connectivity index (χ2v) is 6.46. The molecule has 1 aliphatic carbocycles. The van der Waals surface area contributed by atoms with Gasteiger partial charge in [0, 0.05) is 6.07 Å². The lowest BCUT2D eigenvalue weighted by Crippen LogP contribution is -2.41. The number of nitro benzene ring substituents is 1. The van der Waals surface area contributed by atoms with Crippen LogP contribution in [0.3, 0.4) is 0 Å². The van der Waals surface area contributed by atoms with Gasteiger partial charge in [-0.1, -0.05) is 54.6 Å². The fraction of sp³-hybridized carbons (Fsp3) is 0.0476. The first-order valence-electron chi connectivity index (χ1n) is 8.74. The summed E-state index contributed by atoms with van der Waals surface area (Å²) in [7, 11) is 0. The summed E-state index contributed by atoms with van der Waals surface area (Å²) in [5.41, 5.74) is 2.56. The summed E-state index contributed by atoms with van der Waals surface area (Å²) in [6, 6.07) is 17.3. The Balaban J connectivity index is 1.59. The number of hydrogen-bond donors (Lipinski definition) is 3. The van der Waals surface area contributed by atoms with Crippen molar-refractivity contribution in [3.8, 4) is 16.9 Å². The van der Waals surface area contributed by atoms with Crippen LogP contribution in [-0.4, -0.2) is 22.0 Å². The van der Waals surface area contributed by atoms with Gasteiger partial charge < -0.3 is 10.4 Å². The van der Waals surface area contributed by atoms with E-state index in [1.165, 1.54) is 6.07 Å². The van der Waals surface area contributed by atoms with Gasteiger partial charge in [-0.25, -0.2) is 4.79 Å². The van der Waals surface area contributed by atoms with E-state index in [2.05, 4.69) is 10.6 Å². The zero-order chi connectivity index (χ0) is 20.5. The predicted molar refractivity (Wildman–Crippen MR) is 104 cm³/mol. The molecule has 8 heteroatoms. The molecule has 29 heavy (non-hydrogen) atoms. The maximum Gasteiger partial charge on any atom is 0.322 e. The Morgan fingerprint density at radius 2 is 1.48 bits per heavy atom. The van der Waals surface area contributed by atoms with E-state index in [0.29, 0.717) is 0 Å². The highest BCUT2D eigenvalue weighted by molar-refractivity contribution is 6.08. The number of benzene rings is 3. The van der Waals surface area contributed by atoms with Gasteiger partial charge in [-0.3, -0.25) is 20.2 Å². The normalized spacial score (nSPS) is 12.0. The first-order valence-corrected chi connectivity index (χ1v) is 8.74. The molecule has 0 fully saturated rings. The SMILES string of the molecule is O=C(NC(=O)c1c(O)cccc1[N+](=O)[O-])NC1c2ccccc2-c2ccccc21. The molecule has 3 aromatic rings. The van der Waals surface area contributed by atoms with Crippen molar-refractivity contribution in [3.63, 3.8) is 0 Å². The Morgan fingerprint density at radius 3 is 2.07 bits per heavy atom. The molecule has 3 N–H and O–H groups in total. The van der Waals surface area contributed by atoms with Crippen LogP contribution in [0, 0.1) is 10.1 Å². The number of phenolic OH excluding ortho intramolecular Hbond substituents is 1. The zero-order valence-corrected chi connectivity index (χ0v) is 15.0. The fourth-order valence-electron chi connectivity index (χ4n) is 3.56. The van der Waals surface area contributed by atoms with Crippen LogP contribution < -0.4 is 10.6 Å². The molecule has 0 saturated carbocycles. The van der Waals surface area contributed by atoms with Crippen molar-refractivity contribution in [2.75, 3.05) is 0 Å². The highest BCUT2D eigenvalue weighted by Gasteiger charge is 2.31. The highest BCUT2D eigenvalue weighted by atomic mass is 16.6. The van der Waals surface area contributed by atoms with E-state index in [1.54, 1.807) is 0 Å². The number of nitrogens with one attached hydrogen (secondary N) is 2. The predicted octanol–water partition coefficient (Wildman–Crippen LogP) is 3.51. The monoisotopic (exact) mass is 389 g/mol. The van der Waals surface area contributed by atoms with Crippen LogP contribution in [0.15, 0.2) is 66.7 Å². The third kappa shape index (κ3) is 3.16. The third-order valence-electron chi connectivity index (χ3n) is 4.78. The van der Waals surface area contributed by atoms with Crippen LogP contribution in [0.4, 0.5) is 10.5 Å². The summed E-state index contributed by atoms with van der Waals surface area (Å²) in [5.74, 6) is -1.65. The molecular formula is C21H15N3O5. The Bertz CT molecular complexity index is 1110. The quantitative estimate of drug-likeness (QED) is 0.467. The van der Waals surface area contributed by atoms with Crippen molar-refractivity contribution in [2.24, 2.45) is 0 Å². The molecular weight excluding hydrogens is 374 g/mol. The smallest absolute Gasteiger partial charge is 0.322 e. The van der Waals surface area contributed by atoms with Gasteiger partial charge in [0.1, 0.15) is 5.75 Å². The molecule has 0 radical (unpaired) electrons. The molecule has 144 valence electrons. The molecule has 0 unspecified atom stereocenters. The van der Waals surface area contributed by atoms with Crippen molar-refractivity contribution < 1.29 is 19.6 Å². The number of nitrogens with zero attached hydrogens (tertiary/aromatic N) is 1. The Hall–Kier alpha value is -4.20. The Labute approximate surface area is 165 Å². The molecule has 0 aliphatic heterocycles. The molecule has 3 amide bonds. The Kier molecular flexibility index (Phi) is 4.44. The van der Waals surface area contributed by atoms with E-state index in [9.17, 15) is 24.8 Å². The summed E-state index contributed by atoms with van der Waals surface area (Å²) in [6.07, 6.45) is 0. The lowest BCUT2D eigenvalue weighted by Gasteiger charge is -2.16. The largest absolute Gasteiger partial charge is 0.507 e. The van der Waals surface area contributed by atoms with Crippen LogP contribution >= 0.6 is 0 Å². The Morgan fingerprint density at radius 1 is 0.897 bits per heavy atom. The first kappa shape index (κ1) is 18.2. The van der Waals surface area contributed by atoms with Gasteiger partial charge >= 0.3 is 6.03 Å². The molecule has 0 bridgehead atoms. The second-order valence-electron chi connectivity index (χ2n) is 6.46. The maximum absolute atomic E-state index is 12.5. The summed E-state index contributed by atoms with van der Waals surface area (Å²) < 4.78 is 0. The number of hydrogen-bond acceptors (Lipinski definition) is 5. The minimum atomic E-state index is -1.06. The lowest BCUT2D eigenvalue weighted by molar-refractivity contribution is -0.385. The fourth-order valence-corrected chi connectivity index (χ4v) is 3.56. The average Bonchev–Trinajstić information content (AvgIpc) is 3.01. The van der Waals surface area contributed by atoms with Gasteiger partial charge in [-0.15, -0.1) is 0 Å². The van der Waals surface area contributed by atoms with Gasteiger partial charge in [0.25, 0.3) is 11.6 Å². The molecule has 8 nitrogen and oxygen atoms in total. The molecule has 1 aliphatic rings. The van der Waals surface area contributed by atoms with Crippen molar-refractivity contribution in [1.29, 1.82) is 0 Å². The van der Waals surface area contributed by atoms with E-state index in [1.807, 2.05) is 48.5 Å². The summed E-state index contributed by atoms with van der Waals surface area (Å²) in [6.45, 7) is 0. The van der Waals surface area contributed by atoms with Crippen LogP contribution in [0.5, 0.6) is 5.75 Å². The van der Waals surface area contributed by atoms with Crippen molar-refractivity contribution in [3.05, 3.63) is 93.5 Å². The topological polar surface area (TPSA) is 122 Å². The third-order valence-corrected chi connectivity index (χ3v) is 4.78. The summed E-state index contributed by atoms with van der Waals surface area (Å²) in [5, 5.41) is 25.8. The number of nitro groups is 1. The van der Waals surface area contributed by atoms with Gasteiger partial charge in [-0.2, -0.15) is 0 Å². The number of phenols is 1. The summed E-state index contributed by atoms with van der Waals surface area (Å²) >= 11 is 0. The van der Waals surface area contributed by atoms with E-state index in [0.717, 1.165) is 34.4 Å². The van der Waals surface area contributed by atoms with Gasteiger partial charge in [-0.05, 0) is 28.3 Å². The molecule has 0 saturated heterocycles. The van der Waals surface area contributed by atoms with Gasteiger partial charge in [0.2, 0.25) is 0 Å². The number of urea groups is 1. The van der Waals surface area contributed by atoms with Crippen LogP contribution in [-0.2, 0) is 0 Å². The highest BCUT2D eigenvalue weighted by Crippen LogP contribution is 2.42. The van der Waals surface area contributed by atoms with E-state index < -0.39 is 39.9 Å². The average molecular weight is 389 g/mol. The van der Waals surface area contributed by atoms with E-state index >= 15 is 0 Å². The van der Waals surface area contributed by atoms with Crippen LogP contribution in [0.2, 0.25) is 0 Å². The minimum Gasteiger partial charge on any atom is -0.507 e. The van der Waals surface area contributed by atoms with Gasteiger partial charge in [0.05, 0.1) is 11.0 Å². The minimum absolute atomic E-state index is 0.477. The van der Waals surface area contributed by atoms with Crippen molar-refractivity contribution in [1.82, 2.24) is 10.6 Å². The maximum atomic E-state index is 12.5. The standard InChI is InChI=1S/C21H15N3O5/c25-17-11-5-10-16(24(28)29)18(17)20(26)23-21(27)22-19-14-8-3-1-6-12(14)13-7-2-4-9-15(13)19/h1-11,19,25H,(H2,22,23,26,27). The second kappa shape index (κ2) is 7.08. The first-order chi connectivity index (χ1) is 14.0. The van der Waals surface area contributed by atoms with E-state index in [-0.39, 0.29) is 0 Å². The van der Waals surface area contributed by atoms with Crippen LogP contribution in [0.1, 0.15) is 27.5 Å². The molecule has 0 spiro atoms. The molecule has 4 rings (SSSR count). The number of fused-ring (bicyclic) bond motifs is 3. The molecule has 0 atom stereocenters. The lowest BCUT2D eigenvalue weighted by atomic mass is 10.1. The summed E-state index contributed by atoms with van der Waals surface area (Å²) in [4.78, 5) is 35.3. The molecule has 3 aromatic carbocycles. The zero-order valence-electron chi connectivity index (χ0n) is 15.0. The van der Waals surface area contributed by atoms with Crippen LogP contribution in [0.25, 0.3) is 11.1 Å². The number of carbonyl (C=O) groups is 2.